The molecule has 3 rings (SSSR count). The van der Waals surface area contributed by atoms with Crippen molar-refractivity contribution in [3.8, 4) is 5.75 Å². The first-order valence-corrected chi connectivity index (χ1v) is 7.16. The number of rotatable bonds is 2. The van der Waals surface area contributed by atoms with Crippen molar-refractivity contribution in [1.29, 1.82) is 0 Å². The molecule has 0 bridgehead atoms. The maximum atomic E-state index is 10.1. The van der Waals surface area contributed by atoms with E-state index in [1.165, 1.54) is 16.9 Å². The zero-order valence-corrected chi connectivity index (χ0v) is 12.1. The predicted octanol–water partition coefficient (Wildman–Crippen LogP) is 5.64. The number of thiophene rings is 1. The van der Waals surface area contributed by atoms with Gasteiger partial charge in [0.15, 0.2) is 10.8 Å². The normalized spacial score (nSPS) is 11.5. The van der Waals surface area contributed by atoms with Crippen LogP contribution >= 0.6 is 11.3 Å². The molecule has 1 heterocycles. The fourth-order valence-corrected chi connectivity index (χ4v) is 3.02. The van der Waals surface area contributed by atoms with Crippen molar-refractivity contribution in [2.45, 2.75) is 13.8 Å². The van der Waals surface area contributed by atoms with E-state index < -0.39 is 0 Å². The van der Waals surface area contributed by atoms with Gasteiger partial charge in [0.2, 0.25) is 0 Å². The van der Waals surface area contributed by atoms with Crippen LogP contribution in [0.1, 0.15) is 11.1 Å². The van der Waals surface area contributed by atoms with E-state index >= 15 is 0 Å². The van der Waals surface area contributed by atoms with Gasteiger partial charge in [-0.05, 0) is 37.6 Å². The lowest BCUT2D eigenvalue weighted by molar-refractivity contribution is 0.484. The van der Waals surface area contributed by atoms with Gasteiger partial charge in [0.05, 0.1) is 5.69 Å². The van der Waals surface area contributed by atoms with Gasteiger partial charge >= 0.3 is 0 Å². The summed E-state index contributed by atoms with van der Waals surface area (Å²) in [5, 5.41) is 20.0. The Labute approximate surface area is 121 Å². The molecule has 0 aliphatic rings. The highest BCUT2D eigenvalue weighted by Crippen LogP contribution is 2.43. The summed E-state index contributed by atoms with van der Waals surface area (Å²) in [6.45, 7) is 4.05. The van der Waals surface area contributed by atoms with Gasteiger partial charge in [-0.2, -0.15) is 0 Å². The number of hydrogen-bond donors (Lipinski definition) is 1. The maximum absolute atomic E-state index is 10.1. The smallest absolute Gasteiger partial charge is 0.181 e. The SMILES string of the molecule is Cc1ccc(N=Nc2sc3ccccc3c2O)c(C)c1. The fraction of sp³-hybridized carbons (Fsp3) is 0.125. The van der Waals surface area contributed by atoms with E-state index in [4.69, 9.17) is 0 Å². The van der Waals surface area contributed by atoms with Crippen LogP contribution in [0.3, 0.4) is 0 Å². The minimum absolute atomic E-state index is 0.208. The van der Waals surface area contributed by atoms with Crippen LogP contribution in [0.4, 0.5) is 10.7 Å². The van der Waals surface area contributed by atoms with Crippen LogP contribution in [0.25, 0.3) is 10.1 Å². The lowest BCUT2D eigenvalue weighted by Gasteiger charge is -1.99. The number of fused-ring (bicyclic) bond motifs is 1. The Bertz CT molecular complexity index is 805. The minimum atomic E-state index is 0.208. The number of azo groups is 1. The molecule has 4 heteroatoms. The number of hydrogen-bond acceptors (Lipinski definition) is 4. The second-order valence-electron chi connectivity index (χ2n) is 4.74. The molecule has 2 aromatic carbocycles. The third-order valence-electron chi connectivity index (χ3n) is 3.15. The largest absolute Gasteiger partial charge is 0.504 e. The van der Waals surface area contributed by atoms with Crippen LogP contribution in [0.2, 0.25) is 0 Å². The Morgan fingerprint density at radius 2 is 1.80 bits per heavy atom. The first kappa shape index (κ1) is 12.8. The highest BCUT2D eigenvalue weighted by atomic mass is 32.1. The summed E-state index contributed by atoms with van der Waals surface area (Å²) >= 11 is 1.44. The summed E-state index contributed by atoms with van der Waals surface area (Å²) in [6, 6.07) is 13.7. The van der Waals surface area contributed by atoms with Crippen molar-refractivity contribution in [2.24, 2.45) is 10.2 Å². The van der Waals surface area contributed by atoms with E-state index in [1.54, 1.807) is 0 Å². The molecule has 0 saturated heterocycles. The molecule has 100 valence electrons. The van der Waals surface area contributed by atoms with Gasteiger partial charge in [-0.15, -0.1) is 21.6 Å². The number of nitrogens with zero attached hydrogens (tertiary/aromatic N) is 2. The molecule has 0 amide bonds. The Balaban J connectivity index is 2.00. The van der Waals surface area contributed by atoms with Crippen molar-refractivity contribution >= 4 is 32.1 Å². The van der Waals surface area contributed by atoms with E-state index in [2.05, 4.69) is 16.3 Å². The molecule has 3 nitrogen and oxygen atoms in total. The zero-order chi connectivity index (χ0) is 14.1. The molecule has 0 fully saturated rings. The Kier molecular flexibility index (Phi) is 3.24. The quantitative estimate of drug-likeness (QED) is 0.607. The summed E-state index contributed by atoms with van der Waals surface area (Å²) in [5.74, 6) is 0.208. The van der Waals surface area contributed by atoms with Crippen LogP contribution < -0.4 is 0 Å². The van der Waals surface area contributed by atoms with E-state index in [0.29, 0.717) is 5.00 Å². The minimum Gasteiger partial charge on any atom is -0.504 e. The molecule has 0 unspecified atom stereocenters. The zero-order valence-electron chi connectivity index (χ0n) is 11.3. The lowest BCUT2D eigenvalue weighted by Crippen LogP contribution is -1.76. The molecule has 0 radical (unpaired) electrons. The highest BCUT2D eigenvalue weighted by Gasteiger charge is 2.09. The van der Waals surface area contributed by atoms with Crippen molar-refractivity contribution in [3.63, 3.8) is 0 Å². The summed E-state index contributed by atoms with van der Waals surface area (Å²) in [6.07, 6.45) is 0. The third kappa shape index (κ3) is 2.30. The number of benzene rings is 2. The molecule has 0 atom stereocenters. The molecule has 0 aliphatic carbocycles. The summed E-state index contributed by atoms with van der Waals surface area (Å²) < 4.78 is 1.01. The summed E-state index contributed by atoms with van der Waals surface area (Å²) in [4.78, 5) is 0. The van der Waals surface area contributed by atoms with Gasteiger partial charge in [-0.25, -0.2) is 0 Å². The Hall–Kier alpha value is -2.20. The average molecular weight is 282 g/mol. The van der Waals surface area contributed by atoms with E-state index in [9.17, 15) is 5.11 Å². The molecular weight excluding hydrogens is 268 g/mol. The molecule has 0 aliphatic heterocycles. The van der Waals surface area contributed by atoms with Crippen molar-refractivity contribution in [3.05, 3.63) is 53.6 Å². The predicted molar refractivity (Wildman–Crippen MR) is 83.6 cm³/mol. The van der Waals surface area contributed by atoms with Gasteiger partial charge in [0.25, 0.3) is 0 Å². The molecular formula is C16H14N2OS. The van der Waals surface area contributed by atoms with Crippen molar-refractivity contribution in [2.75, 3.05) is 0 Å². The van der Waals surface area contributed by atoms with Gasteiger partial charge in [-0.1, -0.05) is 29.8 Å². The molecule has 0 saturated carbocycles. The van der Waals surface area contributed by atoms with E-state index in [0.717, 1.165) is 21.3 Å². The standard InChI is InChI=1S/C16H14N2OS/c1-10-7-8-13(11(2)9-10)17-18-16-15(19)12-5-3-4-6-14(12)20-16/h3-9,19H,1-2H3. The first-order chi connectivity index (χ1) is 9.65. The van der Waals surface area contributed by atoms with E-state index in [1.807, 2.05) is 50.2 Å². The summed E-state index contributed by atoms with van der Waals surface area (Å²) in [5.41, 5.74) is 3.10. The first-order valence-electron chi connectivity index (χ1n) is 6.34. The summed E-state index contributed by atoms with van der Waals surface area (Å²) in [7, 11) is 0. The molecule has 1 N–H and O–H groups in total. The molecule has 20 heavy (non-hydrogen) atoms. The fourth-order valence-electron chi connectivity index (χ4n) is 2.10. The monoisotopic (exact) mass is 282 g/mol. The lowest BCUT2D eigenvalue weighted by atomic mass is 10.1. The maximum Gasteiger partial charge on any atom is 0.181 e. The topological polar surface area (TPSA) is 45.0 Å². The second-order valence-corrected chi connectivity index (χ2v) is 5.77. The Morgan fingerprint density at radius 3 is 2.55 bits per heavy atom. The second kappa shape index (κ2) is 5.06. The number of aryl methyl sites for hydroxylation is 2. The van der Waals surface area contributed by atoms with Crippen LogP contribution in [-0.2, 0) is 0 Å². The highest BCUT2D eigenvalue weighted by molar-refractivity contribution is 7.23. The van der Waals surface area contributed by atoms with Crippen molar-refractivity contribution < 1.29 is 5.11 Å². The average Bonchev–Trinajstić information content (AvgIpc) is 2.75. The van der Waals surface area contributed by atoms with Crippen LogP contribution in [0, 0.1) is 13.8 Å². The van der Waals surface area contributed by atoms with E-state index in [-0.39, 0.29) is 5.75 Å². The third-order valence-corrected chi connectivity index (χ3v) is 4.20. The Morgan fingerprint density at radius 1 is 1.00 bits per heavy atom. The van der Waals surface area contributed by atoms with Crippen LogP contribution in [0.15, 0.2) is 52.7 Å². The van der Waals surface area contributed by atoms with Gasteiger partial charge in [0.1, 0.15) is 0 Å². The van der Waals surface area contributed by atoms with Crippen LogP contribution in [-0.4, -0.2) is 5.11 Å². The van der Waals surface area contributed by atoms with Gasteiger partial charge < -0.3 is 5.11 Å². The van der Waals surface area contributed by atoms with Gasteiger partial charge in [0, 0.05) is 10.1 Å². The molecule has 1 aromatic heterocycles. The number of aromatic hydroxyl groups is 1. The van der Waals surface area contributed by atoms with Crippen molar-refractivity contribution in [1.82, 2.24) is 0 Å². The van der Waals surface area contributed by atoms with Crippen LogP contribution in [0.5, 0.6) is 5.75 Å². The molecule has 3 aromatic rings. The van der Waals surface area contributed by atoms with Gasteiger partial charge in [-0.3, -0.25) is 0 Å². The molecule has 0 spiro atoms.